The van der Waals surface area contributed by atoms with Crippen molar-refractivity contribution in [2.45, 2.75) is 25.4 Å². The van der Waals surface area contributed by atoms with Crippen molar-refractivity contribution in [1.29, 1.82) is 0 Å². The summed E-state index contributed by atoms with van der Waals surface area (Å²) in [7, 11) is 0. The molecule has 3 rings (SSSR count). The molecule has 0 aliphatic rings. The van der Waals surface area contributed by atoms with E-state index in [9.17, 15) is 4.79 Å². The van der Waals surface area contributed by atoms with E-state index < -0.39 is 0 Å². The highest BCUT2D eigenvalue weighted by Gasteiger charge is 2.10. The second-order valence-corrected chi connectivity index (χ2v) is 6.42. The second-order valence-electron chi connectivity index (χ2n) is 5.44. The molecule has 0 amide bonds. The molecule has 0 unspecified atom stereocenters. The van der Waals surface area contributed by atoms with Crippen LogP contribution in [0.3, 0.4) is 0 Å². The predicted molar refractivity (Wildman–Crippen MR) is 95.6 cm³/mol. The minimum absolute atomic E-state index is 0.106. The minimum Gasteiger partial charge on any atom is -0.422 e. The summed E-state index contributed by atoms with van der Waals surface area (Å²) in [5.41, 5.74) is 14.4. The van der Waals surface area contributed by atoms with Gasteiger partial charge in [-0.2, -0.15) is 15.0 Å². The van der Waals surface area contributed by atoms with Gasteiger partial charge in [-0.15, -0.1) is 11.8 Å². The van der Waals surface area contributed by atoms with Gasteiger partial charge >= 0.3 is 5.63 Å². The Morgan fingerprint density at radius 1 is 1.08 bits per heavy atom. The Kier molecular flexibility index (Phi) is 4.39. The van der Waals surface area contributed by atoms with Gasteiger partial charge in [0, 0.05) is 17.2 Å². The molecule has 0 atom stereocenters. The molecule has 7 nitrogen and oxygen atoms in total. The number of nitrogens with two attached hydrogens (primary N) is 2. The van der Waals surface area contributed by atoms with Gasteiger partial charge in [-0.05, 0) is 30.5 Å². The molecule has 124 valence electrons. The monoisotopic (exact) mass is 343 g/mol. The highest BCUT2D eigenvalue weighted by atomic mass is 32.2. The third kappa shape index (κ3) is 3.33. The number of thioether (sulfide) groups is 1. The van der Waals surface area contributed by atoms with E-state index in [2.05, 4.69) is 15.0 Å². The number of anilines is 2. The maximum Gasteiger partial charge on any atom is 0.336 e. The number of fused-ring (bicyclic) bond motifs is 1. The fraction of sp³-hybridized carbons (Fsp3) is 0.250. The van der Waals surface area contributed by atoms with Gasteiger partial charge in [0.2, 0.25) is 11.9 Å². The van der Waals surface area contributed by atoms with Crippen molar-refractivity contribution < 1.29 is 4.42 Å². The molecule has 0 saturated heterocycles. The van der Waals surface area contributed by atoms with E-state index in [4.69, 9.17) is 15.9 Å². The van der Waals surface area contributed by atoms with E-state index in [-0.39, 0.29) is 17.5 Å². The molecule has 2 aromatic heterocycles. The maximum absolute atomic E-state index is 11.8. The van der Waals surface area contributed by atoms with E-state index in [1.165, 1.54) is 6.07 Å². The standard InChI is InChI=1S/C16H17N5O2S/c1-8-3-4-11-10(5-13(22)23-14(11)9(8)2)6-24-7-12-19-15(17)21-16(18)20-12/h3-5H,6-7H2,1-2H3,(H4,17,18,19,20,21). The van der Waals surface area contributed by atoms with Crippen molar-refractivity contribution in [2.24, 2.45) is 0 Å². The molecule has 2 heterocycles. The summed E-state index contributed by atoms with van der Waals surface area (Å²) >= 11 is 1.57. The van der Waals surface area contributed by atoms with Crippen LogP contribution < -0.4 is 17.1 Å². The van der Waals surface area contributed by atoms with Crippen LogP contribution in [0.1, 0.15) is 22.5 Å². The van der Waals surface area contributed by atoms with Crippen LogP contribution in [0.2, 0.25) is 0 Å². The Hall–Kier alpha value is -2.61. The first kappa shape index (κ1) is 16.3. The molecule has 3 aromatic rings. The summed E-state index contributed by atoms with van der Waals surface area (Å²) in [5, 5.41) is 0.944. The number of nitrogen functional groups attached to an aromatic ring is 2. The predicted octanol–water partition coefficient (Wildman–Crippen LogP) is 2.19. The summed E-state index contributed by atoms with van der Waals surface area (Å²) < 4.78 is 5.38. The molecule has 1 aromatic carbocycles. The van der Waals surface area contributed by atoms with Crippen molar-refractivity contribution in [3.63, 3.8) is 0 Å². The van der Waals surface area contributed by atoms with Crippen molar-refractivity contribution in [3.8, 4) is 0 Å². The first-order valence-corrected chi connectivity index (χ1v) is 8.46. The zero-order valence-electron chi connectivity index (χ0n) is 13.4. The average molecular weight is 343 g/mol. The molecular weight excluding hydrogens is 326 g/mol. The van der Waals surface area contributed by atoms with Gasteiger partial charge in [0.1, 0.15) is 11.4 Å². The van der Waals surface area contributed by atoms with Gasteiger partial charge in [0.25, 0.3) is 0 Å². The van der Waals surface area contributed by atoms with Gasteiger partial charge in [-0.3, -0.25) is 0 Å². The van der Waals surface area contributed by atoms with E-state index in [1.54, 1.807) is 11.8 Å². The van der Waals surface area contributed by atoms with Crippen molar-refractivity contribution in [3.05, 3.63) is 51.1 Å². The van der Waals surface area contributed by atoms with E-state index >= 15 is 0 Å². The van der Waals surface area contributed by atoms with Crippen LogP contribution in [-0.4, -0.2) is 15.0 Å². The number of aromatic nitrogens is 3. The van der Waals surface area contributed by atoms with Crippen LogP contribution in [0.15, 0.2) is 27.4 Å². The maximum atomic E-state index is 11.8. The van der Waals surface area contributed by atoms with Crippen LogP contribution in [0.25, 0.3) is 11.0 Å². The SMILES string of the molecule is Cc1ccc2c(CSCc3nc(N)nc(N)n3)cc(=O)oc2c1C. The molecule has 0 spiro atoms. The zero-order chi connectivity index (χ0) is 17.3. The molecule has 0 aliphatic heterocycles. The minimum atomic E-state index is -0.347. The molecule has 0 fully saturated rings. The van der Waals surface area contributed by atoms with Crippen LogP contribution in [0.4, 0.5) is 11.9 Å². The Morgan fingerprint density at radius 3 is 2.50 bits per heavy atom. The molecule has 24 heavy (non-hydrogen) atoms. The van der Waals surface area contributed by atoms with Crippen molar-refractivity contribution >= 4 is 34.6 Å². The number of hydrogen-bond acceptors (Lipinski definition) is 8. The van der Waals surface area contributed by atoms with E-state index in [0.717, 1.165) is 22.1 Å². The first-order chi connectivity index (χ1) is 11.4. The smallest absolute Gasteiger partial charge is 0.336 e. The van der Waals surface area contributed by atoms with Crippen LogP contribution >= 0.6 is 11.8 Å². The first-order valence-electron chi connectivity index (χ1n) is 7.30. The van der Waals surface area contributed by atoms with Gasteiger partial charge in [0.15, 0.2) is 0 Å². The molecule has 4 N–H and O–H groups in total. The highest BCUT2D eigenvalue weighted by molar-refractivity contribution is 7.97. The Bertz CT molecular complexity index is 950. The zero-order valence-corrected chi connectivity index (χ0v) is 14.2. The van der Waals surface area contributed by atoms with Gasteiger partial charge in [0.05, 0.1) is 5.75 Å². The summed E-state index contributed by atoms with van der Waals surface area (Å²) in [6, 6.07) is 5.54. The summed E-state index contributed by atoms with van der Waals surface area (Å²) in [6.45, 7) is 3.94. The fourth-order valence-corrected chi connectivity index (χ4v) is 3.29. The number of hydrogen-bond donors (Lipinski definition) is 2. The molecule has 0 radical (unpaired) electrons. The molecule has 0 aliphatic carbocycles. The number of nitrogens with zero attached hydrogens (tertiary/aromatic N) is 3. The molecule has 0 saturated carbocycles. The van der Waals surface area contributed by atoms with Crippen molar-refractivity contribution in [2.75, 3.05) is 11.5 Å². The normalized spacial score (nSPS) is 11.1. The lowest BCUT2D eigenvalue weighted by atomic mass is 10.0. The summed E-state index contributed by atoms with van der Waals surface area (Å²) in [4.78, 5) is 23.7. The number of benzene rings is 1. The lowest BCUT2D eigenvalue weighted by Gasteiger charge is -2.09. The second kappa shape index (κ2) is 6.48. The Morgan fingerprint density at radius 2 is 1.79 bits per heavy atom. The molecule has 8 heteroatoms. The van der Waals surface area contributed by atoms with E-state index in [1.807, 2.05) is 26.0 Å². The number of aryl methyl sites for hydroxylation is 2. The van der Waals surface area contributed by atoms with Crippen LogP contribution in [0.5, 0.6) is 0 Å². The Balaban J connectivity index is 1.85. The van der Waals surface area contributed by atoms with E-state index in [0.29, 0.717) is 22.9 Å². The van der Waals surface area contributed by atoms with Gasteiger partial charge in [-0.25, -0.2) is 4.79 Å². The number of rotatable bonds is 4. The molecular formula is C16H17N5O2S. The third-order valence-electron chi connectivity index (χ3n) is 3.72. The largest absolute Gasteiger partial charge is 0.422 e. The fourth-order valence-electron chi connectivity index (χ4n) is 2.42. The summed E-state index contributed by atoms with van der Waals surface area (Å²) in [5.74, 6) is 1.87. The quantitative estimate of drug-likeness (QED) is 0.691. The molecule has 0 bridgehead atoms. The third-order valence-corrected chi connectivity index (χ3v) is 4.70. The van der Waals surface area contributed by atoms with Crippen molar-refractivity contribution in [1.82, 2.24) is 15.0 Å². The topological polar surface area (TPSA) is 121 Å². The lowest BCUT2D eigenvalue weighted by molar-refractivity contribution is 0.557. The lowest BCUT2D eigenvalue weighted by Crippen LogP contribution is -2.06. The van der Waals surface area contributed by atoms with Gasteiger partial charge in [-0.1, -0.05) is 12.1 Å². The Labute approximate surface area is 142 Å². The van der Waals surface area contributed by atoms with Crippen LogP contribution in [-0.2, 0) is 11.5 Å². The highest BCUT2D eigenvalue weighted by Crippen LogP contribution is 2.26. The van der Waals surface area contributed by atoms with Crippen LogP contribution in [0, 0.1) is 13.8 Å². The van der Waals surface area contributed by atoms with Gasteiger partial charge < -0.3 is 15.9 Å². The average Bonchev–Trinajstić information content (AvgIpc) is 2.50. The summed E-state index contributed by atoms with van der Waals surface area (Å²) in [6.07, 6.45) is 0.